The number of ether oxygens (including phenoxy) is 3. The number of benzene rings is 1. The number of aliphatic hydroxyl groups excluding tert-OH is 1. The molecule has 10 heteroatoms. The minimum Gasteiger partial charge on any atom is -0.456 e. The van der Waals surface area contributed by atoms with E-state index in [-0.39, 0.29) is 43.7 Å². The van der Waals surface area contributed by atoms with Gasteiger partial charge in [-0.1, -0.05) is 17.7 Å². The first-order valence-corrected chi connectivity index (χ1v) is 12.6. The molecule has 2 fully saturated rings. The number of aromatic nitrogens is 3. The third-order valence-corrected chi connectivity index (χ3v) is 7.46. The van der Waals surface area contributed by atoms with Crippen molar-refractivity contribution < 1.29 is 28.1 Å². The van der Waals surface area contributed by atoms with Gasteiger partial charge in [0, 0.05) is 5.56 Å². The summed E-state index contributed by atoms with van der Waals surface area (Å²) in [5.74, 6) is -1.11. The number of aromatic amines is 1. The van der Waals surface area contributed by atoms with Gasteiger partial charge in [0.05, 0.1) is 29.4 Å². The topological polar surface area (TPSA) is 89.5 Å². The number of hydrogen-bond donors (Lipinski definition) is 2. The fraction of sp³-hybridized carbons (Fsp3) is 0.462. The fourth-order valence-corrected chi connectivity index (χ4v) is 5.47. The first-order chi connectivity index (χ1) is 17.5. The number of pyridine rings is 1. The van der Waals surface area contributed by atoms with E-state index in [0.717, 1.165) is 31.3 Å². The van der Waals surface area contributed by atoms with Crippen LogP contribution in [0.1, 0.15) is 42.5 Å². The molecule has 1 aromatic carbocycles. The van der Waals surface area contributed by atoms with Crippen molar-refractivity contribution in [3.05, 3.63) is 57.8 Å². The van der Waals surface area contributed by atoms with Crippen LogP contribution in [-0.2, 0) is 22.3 Å². The Morgan fingerprint density at radius 2 is 1.86 bits per heavy atom. The van der Waals surface area contributed by atoms with Crippen molar-refractivity contribution in [1.29, 1.82) is 0 Å². The smallest absolute Gasteiger partial charge is 0.296 e. The Kier molecular flexibility index (Phi) is 6.41. The monoisotopic (exact) mass is 517 g/mol. The average Bonchev–Trinajstić information content (AvgIpc) is 3.55. The summed E-state index contributed by atoms with van der Waals surface area (Å²) in [6, 6.07) is 4.76. The van der Waals surface area contributed by atoms with Crippen LogP contribution >= 0.6 is 11.6 Å². The van der Waals surface area contributed by atoms with E-state index >= 15 is 0 Å². The molecule has 0 bridgehead atoms. The molecule has 2 aromatic heterocycles. The van der Waals surface area contributed by atoms with Crippen molar-refractivity contribution >= 4 is 28.3 Å². The van der Waals surface area contributed by atoms with Crippen LogP contribution in [0.25, 0.3) is 16.7 Å². The number of rotatable bonds is 6. The van der Waals surface area contributed by atoms with Crippen molar-refractivity contribution in [3.63, 3.8) is 0 Å². The van der Waals surface area contributed by atoms with Gasteiger partial charge >= 0.3 is 0 Å². The Bertz CT molecular complexity index is 1310. The van der Waals surface area contributed by atoms with Gasteiger partial charge in [0.15, 0.2) is 11.8 Å². The van der Waals surface area contributed by atoms with Crippen LogP contribution in [-0.4, -0.2) is 57.7 Å². The first kappa shape index (κ1) is 23.8. The zero-order valence-corrected chi connectivity index (χ0v) is 20.2. The molecular weight excluding hydrogens is 492 g/mol. The second-order valence-electron chi connectivity index (χ2n) is 9.54. The maximum atomic E-state index is 14.8. The highest BCUT2D eigenvalue weighted by Crippen LogP contribution is 2.32. The van der Waals surface area contributed by atoms with Gasteiger partial charge in [-0.2, -0.15) is 4.98 Å². The van der Waals surface area contributed by atoms with Crippen molar-refractivity contribution in [2.45, 2.75) is 62.9 Å². The maximum absolute atomic E-state index is 14.8. The molecule has 3 aromatic rings. The predicted octanol–water partition coefficient (Wildman–Crippen LogP) is 4.54. The lowest BCUT2D eigenvalue weighted by molar-refractivity contribution is 0.00706. The predicted molar refractivity (Wildman–Crippen MR) is 129 cm³/mol. The summed E-state index contributed by atoms with van der Waals surface area (Å²) in [6.45, 7) is 0.480. The molecular formula is C26H26ClF2N3O4. The van der Waals surface area contributed by atoms with Crippen LogP contribution in [0.5, 0.6) is 6.01 Å². The number of aryl methyl sites for hydroxylation is 1. The molecule has 0 spiro atoms. The van der Waals surface area contributed by atoms with E-state index in [4.69, 9.17) is 25.8 Å². The Morgan fingerprint density at radius 1 is 1.06 bits per heavy atom. The molecule has 0 unspecified atom stereocenters. The molecule has 36 heavy (non-hydrogen) atoms. The molecule has 2 aliphatic heterocycles. The van der Waals surface area contributed by atoms with Crippen LogP contribution in [0.15, 0.2) is 24.3 Å². The molecule has 0 saturated carbocycles. The van der Waals surface area contributed by atoms with Crippen LogP contribution in [0.4, 0.5) is 8.78 Å². The quantitative estimate of drug-likeness (QED) is 0.499. The van der Waals surface area contributed by atoms with Gasteiger partial charge in [-0.25, -0.2) is 13.8 Å². The number of imidazole rings is 1. The summed E-state index contributed by atoms with van der Waals surface area (Å²) >= 11 is 6.43. The summed E-state index contributed by atoms with van der Waals surface area (Å²) in [5.41, 5.74) is 3.09. The molecule has 7 nitrogen and oxygen atoms in total. The normalized spacial score (nSPS) is 25.8. The highest BCUT2D eigenvalue weighted by Gasteiger charge is 2.48. The third kappa shape index (κ3) is 4.49. The van der Waals surface area contributed by atoms with Crippen molar-refractivity contribution in [3.8, 4) is 6.01 Å². The Labute approximate surface area is 211 Å². The van der Waals surface area contributed by atoms with Crippen LogP contribution in [0.2, 0.25) is 5.02 Å². The maximum Gasteiger partial charge on any atom is 0.296 e. The highest BCUT2D eigenvalue weighted by molar-refractivity contribution is 6.31. The van der Waals surface area contributed by atoms with E-state index < -0.39 is 29.9 Å². The number of aliphatic hydroxyl groups is 1. The van der Waals surface area contributed by atoms with E-state index in [9.17, 15) is 13.9 Å². The summed E-state index contributed by atoms with van der Waals surface area (Å²) in [4.78, 5) is 11.9. The first-order valence-electron chi connectivity index (χ1n) is 12.3. The lowest BCUT2D eigenvalue weighted by Gasteiger charge is -2.15. The Balaban J connectivity index is 1.17. The molecule has 4 heterocycles. The Morgan fingerprint density at radius 3 is 2.64 bits per heavy atom. The lowest BCUT2D eigenvalue weighted by atomic mass is 9.92. The molecule has 1 aliphatic carbocycles. The van der Waals surface area contributed by atoms with Gasteiger partial charge in [-0.05, 0) is 67.9 Å². The van der Waals surface area contributed by atoms with Gasteiger partial charge in [-0.15, -0.1) is 0 Å². The fourth-order valence-electron chi connectivity index (χ4n) is 5.22. The molecule has 0 radical (unpaired) electrons. The largest absolute Gasteiger partial charge is 0.456 e. The van der Waals surface area contributed by atoms with Gasteiger partial charge < -0.3 is 24.3 Å². The lowest BCUT2D eigenvalue weighted by Crippen LogP contribution is -2.34. The van der Waals surface area contributed by atoms with Crippen molar-refractivity contribution in [1.82, 2.24) is 15.0 Å². The van der Waals surface area contributed by atoms with Gasteiger partial charge in [-0.3, -0.25) is 0 Å². The third-order valence-electron chi connectivity index (χ3n) is 7.14. The molecule has 0 amide bonds. The van der Waals surface area contributed by atoms with E-state index in [1.165, 1.54) is 12.1 Å². The number of halogens is 3. The number of allylic oxidation sites excluding steroid dienone is 2. The molecule has 2 saturated heterocycles. The molecule has 6 rings (SSSR count). The molecule has 3 aliphatic rings. The summed E-state index contributed by atoms with van der Waals surface area (Å²) < 4.78 is 46.8. The molecule has 4 atom stereocenters. The second kappa shape index (κ2) is 9.70. The minimum absolute atomic E-state index is 0.0220. The number of H-pyrrole nitrogens is 1. The van der Waals surface area contributed by atoms with E-state index in [0.29, 0.717) is 27.4 Å². The van der Waals surface area contributed by atoms with Crippen molar-refractivity contribution in [2.24, 2.45) is 0 Å². The van der Waals surface area contributed by atoms with Gasteiger partial charge in [0.2, 0.25) is 0 Å². The average molecular weight is 518 g/mol. The minimum atomic E-state index is -0.669. The van der Waals surface area contributed by atoms with Gasteiger partial charge in [0.25, 0.3) is 6.01 Å². The number of nitrogens with one attached hydrogen (secondary N) is 1. The summed E-state index contributed by atoms with van der Waals surface area (Å²) in [7, 11) is 0. The number of fused-ring (bicyclic) bond motifs is 2. The zero-order chi connectivity index (χ0) is 24.8. The van der Waals surface area contributed by atoms with Crippen LogP contribution in [0, 0.1) is 11.6 Å². The standard InChI is InChI=1S/C26H26ClF2N3O4/c27-16-10-20-25(32-26(31-20)36-22-12-35-23-21(33)11-34-24(22)23)30-19(16)7-6-15-17(28)8-14(9-18(15)29)13-4-2-1-3-5-13/h4,8-10,21-24,33H,1-3,5-7,11-12H2,(H,30,31,32)/t21-,22-,23-,24-/m1/s1. The summed E-state index contributed by atoms with van der Waals surface area (Å²) in [6.07, 6.45) is 4.51. The number of hydrogen-bond acceptors (Lipinski definition) is 6. The van der Waals surface area contributed by atoms with E-state index in [2.05, 4.69) is 21.0 Å². The zero-order valence-electron chi connectivity index (χ0n) is 19.5. The molecule has 2 N–H and O–H groups in total. The van der Waals surface area contributed by atoms with Crippen LogP contribution in [0.3, 0.4) is 0 Å². The number of nitrogens with zero attached hydrogens (tertiary/aromatic N) is 2. The SMILES string of the molecule is O[C@@H]1CO[C@H]2[C@@H]1OC[C@H]2Oc1nc2nc(CCc3c(F)cc(C4=CCCCC4)cc3F)c(Cl)cc2[nH]1. The summed E-state index contributed by atoms with van der Waals surface area (Å²) in [5, 5.41) is 10.3. The van der Waals surface area contributed by atoms with Crippen LogP contribution < -0.4 is 4.74 Å². The second-order valence-corrected chi connectivity index (χ2v) is 9.95. The Hall–Kier alpha value is -2.59. The van der Waals surface area contributed by atoms with E-state index in [1.807, 2.05) is 0 Å². The molecule has 190 valence electrons. The van der Waals surface area contributed by atoms with Crippen molar-refractivity contribution in [2.75, 3.05) is 13.2 Å². The van der Waals surface area contributed by atoms with E-state index in [1.54, 1.807) is 6.07 Å². The highest BCUT2D eigenvalue weighted by atomic mass is 35.5. The van der Waals surface area contributed by atoms with Gasteiger partial charge in [0.1, 0.15) is 29.9 Å².